The topological polar surface area (TPSA) is 70.2 Å². The number of amides is 2. The van der Waals surface area contributed by atoms with E-state index in [2.05, 4.69) is 83.1 Å². The number of nitrogens with one attached hydrogen (secondary N) is 3. The van der Waals surface area contributed by atoms with Gasteiger partial charge in [0.2, 0.25) is 11.8 Å². The van der Waals surface area contributed by atoms with Gasteiger partial charge in [-0.15, -0.1) is 0 Å². The van der Waals surface area contributed by atoms with Crippen LogP contribution in [-0.2, 0) is 9.59 Å². The molecule has 0 bridgehead atoms. The number of allylic oxidation sites excluding steroid dienone is 3. The van der Waals surface area contributed by atoms with Gasteiger partial charge in [0.25, 0.3) is 0 Å². The number of carbonyl (C=O) groups excluding carboxylic acids is 2. The SMILES string of the molecule is C=C(C)C(C)(C=CCC(C)(C)CCC)C(C)(C)CC(C)(C)C(=O)NCCNC(=O)CNC. The molecule has 0 saturated heterocycles. The van der Waals surface area contributed by atoms with Crippen molar-refractivity contribution in [3.63, 3.8) is 0 Å². The Labute approximate surface area is 198 Å². The van der Waals surface area contributed by atoms with Crippen LogP contribution in [0, 0.1) is 21.7 Å². The van der Waals surface area contributed by atoms with Crippen LogP contribution in [0.1, 0.15) is 88.0 Å². The minimum Gasteiger partial charge on any atom is -0.354 e. The van der Waals surface area contributed by atoms with E-state index in [1.807, 2.05) is 13.8 Å². The predicted octanol–water partition coefficient (Wildman–Crippen LogP) is 5.24. The van der Waals surface area contributed by atoms with Crippen LogP contribution in [0.4, 0.5) is 0 Å². The van der Waals surface area contributed by atoms with Gasteiger partial charge in [0, 0.05) is 23.9 Å². The molecule has 3 N–H and O–H groups in total. The Bertz CT molecular complexity index is 662. The molecule has 1 unspecified atom stereocenters. The molecule has 0 aromatic carbocycles. The Morgan fingerprint density at radius 3 is 2.03 bits per heavy atom. The fourth-order valence-electron chi connectivity index (χ4n) is 4.55. The van der Waals surface area contributed by atoms with Crippen molar-refractivity contribution in [2.45, 2.75) is 88.0 Å². The third-order valence-corrected chi connectivity index (χ3v) is 6.91. The van der Waals surface area contributed by atoms with Crippen molar-refractivity contribution in [1.82, 2.24) is 16.0 Å². The summed E-state index contributed by atoms with van der Waals surface area (Å²) in [5.41, 5.74) is 0.438. The van der Waals surface area contributed by atoms with Gasteiger partial charge in [-0.3, -0.25) is 9.59 Å². The standard InChI is InChI=1S/C27H51N3O2/c1-12-14-24(4,5)15-13-16-27(10,21(2)3)26(8,9)20-25(6,7)23(32)30-18-17-29-22(31)19-28-11/h13,16,28H,2,12,14-15,17-20H2,1,3-11H3,(H,29,31)(H,30,32). The highest BCUT2D eigenvalue weighted by Crippen LogP contribution is 2.51. The quantitative estimate of drug-likeness (QED) is 0.237. The van der Waals surface area contributed by atoms with Gasteiger partial charge in [-0.1, -0.05) is 86.1 Å². The summed E-state index contributed by atoms with van der Waals surface area (Å²) in [4.78, 5) is 24.5. The average Bonchev–Trinajstić information content (AvgIpc) is 2.63. The molecular weight excluding hydrogens is 398 g/mol. The molecule has 0 rings (SSSR count). The normalized spacial score (nSPS) is 14.8. The maximum absolute atomic E-state index is 13.0. The minimum absolute atomic E-state index is 0.00515. The van der Waals surface area contributed by atoms with E-state index in [-0.39, 0.29) is 34.6 Å². The number of likely N-dealkylation sites (N-methyl/N-ethyl adjacent to an activating group) is 1. The zero-order valence-electron chi connectivity index (χ0n) is 22.6. The molecule has 0 saturated carbocycles. The lowest BCUT2D eigenvalue weighted by atomic mass is 9.57. The highest BCUT2D eigenvalue weighted by molar-refractivity contribution is 5.82. The van der Waals surface area contributed by atoms with Crippen molar-refractivity contribution >= 4 is 11.8 Å². The number of carbonyl (C=O) groups is 2. The van der Waals surface area contributed by atoms with Crippen molar-refractivity contribution in [3.05, 3.63) is 24.3 Å². The van der Waals surface area contributed by atoms with Gasteiger partial charge in [-0.25, -0.2) is 0 Å². The summed E-state index contributed by atoms with van der Waals surface area (Å²) < 4.78 is 0. The molecular formula is C27H51N3O2. The Kier molecular flexibility index (Phi) is 11.9. The van der Waals surface area contributed by atoms with E-state index < -0.39 is 5.41 Å². The van der Waals surface area contributed by atoms with Crippen molar-refractivity contribution in [2.24, 2.45) is 21.7 Å². The molecule has 0 aliphatic carbocycles. The van der Waals surface area contributed by atoms with Crippen molar-refractivity contribution in [3.8, 4) is 0 Å². The Balaban J connectivity index is 5.24. The van der Waals surface area contributed by atoms with Crippen LogP contribution in [0.5, 0.6) is 0 Å². The van der Waals surface area contributed by atoms with Gasteiger partial charge in [0.05, 0.1) is 6.54 Å². The molecule has 0 aromatic rings. The summed E-state index contributed by atoms with van der Waals surface area (Å²) in [6.07, 6.45) is 8.76. The molecule has 0 radical (unpaired) electrons. The first-order valence-electron chi connectivity index (χ1n) is 12.1. The molecule has 5 heteroatoms. The average molecular weight is 450 g/mol. The van der Waals surface area contributed by atoms with Gasteiger partial charge >= 0.3 is 0 Å². The van der Waals surface area contributed by atoms with Gasteiger partial charge in [-0.05, 0) is 44.1 Å². The molecule has 1 atom stereocenters. The maximum atomic E-state index is 13.0. The second-order valence-corrected chi connectivity index (χ2v) is 11.6. The molecule has 5 nitrogen and oxygen atoms in total. The van der Waals surface area contributed by atoms with E-state index in [9.17, 15) is 9.59 Å². The highest BCUT2D eigenvalue weighted by Gasteiger charge is 2.45. The van der Waals surface area contributed by atoms with E-state index >= 15 is 0 Å². The second-order valence-electron chi connectivity index (χ2n) is 11.6. The fraction of sp³-hybridized carbons (Fsp3) is 0.778. The summed E-state index contributed by atoms with van der Waals surface area (Å²) in [7, 11) is 1.73. The van der Waals surface area contributed by atoms with Gasteiger partial charge in [0.1, 0.15) is 0 Å². The molecule has 0 spiro atoms. The lowest BCUT2D eigenvalue weighted by Gasteiger charge is -2.47. The molecule has 0 aromatic heterocycles. The van der Waals surface area contributed by atoms with E-state index in [4.69, 9.17) is 0 Å². The van der Waals surface area contributed by atoms with Crippen LogP contribution in [-0.4, -0.2) is 38.5 Å². The summed E-state index contributed by atoms with van der Waals surface area (Å²) >= 11 is 0. The molecule has 0 heterocycles. The van der Waals surface area contributed by atoms with Crippen LogP contribution >= 0.6 is 0 Å². The maximum Gasteiger partial charge on any atom is 0.234 e. The number of rotatable bonds is 15. The van der Waals surface area contributed by atoms with Gasteiger partial charge in [0.15, 0.2) is 0 Å². The van der Waals surface area contributed by atoms with Gasteiger partial charge in [-0.2, -0.15) is 0 Å². The summed E-state index contributed by atoms with van der Waals surface area (Å²) in [5, 5.41) is 8.58. The van der Waals surface area contributed by atoms with E-state index in [1.54, 1.807) is 7.05 Å². The third kappa shape index (κ3) is 9.48. The van der Waals surface area contributed by atoms with Crippen LogP contribution < -0.4 is 16.0 Å². The first-order chi connectivity index (χ1) is 14.5. The number of hydrogen-bond donors (Lipinski definition) is 3. The first kappa shape index (κ1) is 30.4. The summed E-state index contributed by atoms with van der Waals surface area (Å²) in [6, 6.07) is 0. The smallest absolute Gasteiger partial charge is 0.234 e. The zero-order chi connectivity index (χ0) is 25.2. The Morgan fingerprint density at radius 1 is 0.969 bits per heavy atom. The molecule has 0 fully saturated rings. The van der Waals surface area contributed by atoms with Crippen LogP contribution in [0.15, 0.2) is 24.3 Å². The third-order valence-electron chi connectivity index (χ3n) is 6.91. The highest BCUT2D eigenvalue weighted by atomic mass is 16.2. The first-order valence-corrected chi connectivity index (χ1v) is 12.1. The second kappa shape index (κ2) is 12.6. The lowest BCUT2D eigenvalue weighted by molar-refractivity contribution is -0.131. The van der Waals surface area contributed by atoms with E-state index in [1.165, 1.54) is 12.8 Å². The number of hydrogen-bond acceptors (Lipinski definition) is 3. The Morgan fingerprint density at radius 2 is 1.53 bits per heavy atom. The molecule has 0 aliphatic heterocycles. The van der Waals surface area contributed by atoms with Crippen molar-refractivity contribution in [2.75, 3.05) is 26.7 Å². The monoisotopic (exact) mass is 449 g/mol. The van der Waals surface area contributed by atoms with Crippen LogP contribution in [0.25, 0.3) is 0 Å². The van der Waals surface area contributed by atoms with Crippen molar-refractivity contribution in [1.29, 1.82) is 0 Å². The van der Waals surface area contributed by atoms with Crippen LogP contribution in [0.3, 0.4) is 0 Å². The predicted molar refractivity (Wildman–Crippen MR) is 137 cm³/mol. The molecule has 2 amide bonds. The minimum atomic E-state index is -0.551. The van der Waals surface area contributed by atoms with Crippen molar-refractivity contribution < 1.29 is 9.59 Å². The van der Waals surface area contributed by atoms with Gasteiger partial charge < -0.3 is 16.0 Å². The van der Waals surface area contributed by atoms with E-state index in [0.717, 1.165) is 12.0 Å². The largest absolute Gasteiger partial charge is 0.354 e. The molecule has 186 valence electrons. The summed E-state index contributed by atoms with van der Waals surface area (Å²) in [5.74, 6) is -0.0705. The van der Waals surface area contributed by atoms with Crippen LogP contribution in [0.2, 0.25) is 0 Å². The summed E-state index contributed by atoms with van der Waals surface area (Å²) in [6.45, 7) is 25.1. The zero-order valence-corrected chi connectivity index (χ0v) is 22.6. The lowest BCUT2D eigenvalue weighted by Crippen LogP contribution is -2.46. The molecule has 0 aliphatic rings. The Hall–Kier alpha value is -1.62. The fourth-order valence-corrected chi connectivity index (χ4v) is 4.55. The van der Waals surface area contributed by atoms with E-state index in [0.29, 0.717) is 19.5 Å². The molecule has 32 heavy (non-hydrogen) atoms.